The van der Waals surface area contributed by atoms with Crippen molar-refractivity contribution in [3.8, 4) is 11.8 Å². The van der Waals surface area contributed by atoms with E-state index in [1.54, 1.807) is 12.2 Å². The molecule has 6 heteroatoms. The number of carbonyl (C=O) groups excluding carboxylic acids is 2. The van der Waals surface area contributed by atoms with Gasteiger partial charge in [0.25, 0.3) is 0 Å². The Kier molecular flexibility index (Phi) is 5.50. The lowest BCUT2D eigenvalue weighted by atomic mass is 10.0. The summed E-state index contributed by atoms with van der Waals surface area (Å²) in [6.07, 6.45) is 6.88. The van der Waals surface area contributed by atoms with E-state index in [1.165, 1.54) is 0 Å². The molecule has 0 aromatic heterocycles. The fourth-order valence-corrected chi connectivity index (χ4v) is 3.78. The number of nitrogens with one attached hydrogen (secondary N) is 2. The number of isocyanates is 2. The highest BCUT2D eigenvalue weighted by Crippen LogP contribution is 2.52. The van der Waals surface area contributed by atoms with Crippen molar-refractivity contribution in [2.75, 3.05) is 23.7 Å². The number of nitrogens with zero attached hydrogens (tertiary/aromatic N) is 2. The first-order valence-electron chi connectivity index (χ1n) is 10.0. The molecule has 0 atom stereocenters. The van der Waals surface area contributed by atoms with Crippen LogP contribution in [0.15, 0.2) is 58.5 Å². The second kappa shape index (κ2) is 8.39. The van der Waals surface area contributed by atoms with E-state index < -0.39 is 11.1 Å². The van der Waals surface area contributed by atoms with E-state index in [-0.39, 0.29) is 0 Å². The first-order valence-corrected chi connectivity index (χ1v) is 10.0. The zero-order chi connectivity index (χ0) is 20.9. The lowest BCUT2D eigenvalue weighted by Gasteiger charge is -2.15. The summed E-state index contributed by atoms with van der Waals surface area (Å²) in [7, 11) is 0. The first-order chi connectivity index (χ1) is 14.7. The molecule has 30 heavy (non-hydrogen) atoms. The molecule has 2 saturated carbocycles. The van der Waals surface area contributed by atoms with Crippen LogP contribution < -0.4 is 10.6 Å². The Morgan fingerprint density at radius 1 is 0.700 bits per heavy atom. The lowest BCUT2D eigenvalue weighted by molar-refractivity contribution is 0.555. The van der Waals surface area contributed by atoms with E-state index >= 15 is 0 Å². The van der Waals surface area contributed by atoms with Gasteiger partial charge >= 0.3 is 0 Å². The molecular formula is C24H22N4O2. The van der Waals surface area contributed by atoms with Crippen LogP contribution in [0.5, 0.6) is 0 Å². The molecular weight excluding hydrogens is 376 g/mol. The molecule has 2 fully saturated rings. The standard InChI is InChI=1S/C24H22N4O2/c29-17-27-23(11-12-23)19-7-1-3-9-21(19)25-15-5-6-16-26-22-10-4-2-8-20(22)24(13-14-24)28-18-30/h1-4,7-10,25-26H,11-16H2. The summed E-state index contributed by atoms with van der Waals surface area (Å²) >= 11 is 0. The van der Waals surface area contributed by atoms with Gasteiger partial charge in [0.1, 0.15) is 11.1 Å². The maximum atomic E-state index is 10.8. The number of aliphatic imine (C=N–C) groups is 2. The molecule has 2 aromatic rings. The van der Waals surface area contributed by atoms with Gasteiger partial charge in [0.15, 0.2) is 0 Å². The van der Waals surface area contributed by atoms with Crippen molar-refractivity contribution in [3.05, 3.63) is 59.7 Å². The van der Waals surface area contributed by atoms with Gasteiger partial charge in [-0.25, -0.2) is 9.59 Å². The molecule has 0 heterocycles. The van der Waals surface area contributed by atoms with Crippen molar-refractivity contribution in [2.24, 2.45) is 9.98 Å². The minimum absolute atomic E-state index is 0.410. The third kappa shape index (κ3) is 4.04. The number of benzene rings is 2. The first kappa shape index (κ1) is 19.7. The molecule has 6 nitrogen and oxygen atoms in total. The van der Waals surface area contributed by atoms with Gasteiger partial charge in [0, 0.05) is 22.5 Å². The molecule has 2 N–H and O–H groups in total. The fourth-order valence-electron chi connectivity index (χ4n) is 3.78. The van der Waals surface area contributed by atoms with Gasteiger partial charge in [-0.15, -0.1) is 0 Å². The van der Waals surface area contributed by atoms with Gasteiger partial charge in [0.2, 0.25) is 12.2 Å². The van der Waals surface area contributed by atoms with E-state index in [1.807, 2.05) is 48.5 Å². The van der Waals surface area contributed by atoms with E-state index in [4.69, 9.17) is 0 Å². The van der Waals surface area contributed by atoms with Gasteiger partial charge in [-0.3, -0.25) is 0 Å². The minimum atomic E-state index is -0.410. The van der Waals surface area contributed by atoms with E-state index in [0.29, 0.717) is 13.1 Å². The largest absolute Gasteiger partial charge is 0.374 e. The Morgan fingerprint density at radius 2 is 1.10 bits per heavy atom. The summed E-state index contributed by atoms with van der Waals surface area (Å²) in [5.41, 5.74) is 3.12. The van der Waals surface area contributed by atoms with Crippen LogP contribution in [0.1, 0.15) is 36.8 Å². The van der Waals surface area contributed by atoms with Crippen LogP contribution >= 0.6 is 0 Å². The highest BCUT2D eigenvalue weighted by molar-refractivity contribution is 5.59. The smallest absolute Gasteiger partial charge is 0.235 e. The van der Waals surface area contributed by atoms with Crippen molar-refractivity contribution in [3.63, 3.8) is 0 Å². The second-order valence-electron chi connectivity index (χ2n) is 7.62. The monoisotopic (exact) mass is 398 g/mol. The zero-order valence-corrected chi connectivity index (χ0v) is 16.6. The highest BCUT2D eigenvalue weighted by atomic mass is 16.1. The van der Waals surface area contributed by atoms with E-state index in [9.17, 15) is 9.59 Å². The molecule has 0 saturated heterocycles. The van der Waals surface area contributed by atoms with Gasteiger partial charge in [-0.2, -0.15) is 9.98 Å². The third-order valence-corrected chi connectivity index (χ3v) is 5.68. The Labute approximate surface area is 175 Å². The van der Waals surface area contributed by atoms with Crippen molar-refractivity contribution >= 4 is 23.5 Å². The van der Waals surface area contributed by atoms with Crippen LogP contribution in [0.2, 0.25) is 0 Å². The van der Waals surface area contributed by atoms with Crippen molar-refractivity contribution in [1.82, 2.24) is 0 Å². The van der Waals surface area contributed by atoms with Crippen molar-refractivity contribution in [1.29, 1.82) is 0 Å². The molecule has 0 unspecified atom stereocenters. The quantitative estimate of drug-likeness (QED) is 0.402. The third-order valence-electron chi connectivity index (χ3n) is 5.68. The number of rotatable bonds is 8. The molecule has 2 aromatic carbocycles. The summed E-state index contributed by atoms with van der Waals surface area (Å²) < 4.78 is 0. The van der Waals surface area contributed by atoms with Crippen LogP contribution in [0.25, 0.3) is 0 Å². The number of para-hydroxylation sites is 2. The van der Waals surface area contributed by atoms with Crippen molar-refractivity contribution < 1.29 is 9.59 Å². The summed E-state index contributed by atoms with van der Waals surface area (Å²) in [6.45, 7) is 0.973. The van der Waals surface area contributed by atoms with Gasteiger partial charge in [-0.05, 0) is 37.8 Å². The second-order valence-corrected chi connectivity index (χ2v) is 7.62. The molecule has 0 spiro atoms. The number of anilines is 2. The Bertz CT molecular complexity index is 1010. The predicted molar refractivity (Wildman–Crippen MR) is 116 cm³/mol. The molecule has 0 radical (unpaired) electrons. The maximum absolute atomic E-state index is 10.8. The van der Waals surface area contributed by atoms with Crippen LogP contribution in [0.3, 0.4) is 0 Å². The molecule has 4 rings (SSSR count). The molecule has 0 amide bonds. The zero-order valence-electron chi connectivity index (χ0n) is 16.6. The van der Waals surface area contributed by atoms with E-state index in [2.05, 4.69) is 32.5 Å². The van der Waals surface area contributed by atoms with Crippen LogP contribution in [-0.4, -0.2) is 25.2 Å². The Hall–Kier alpha value is -3.64. The molecule has 2 aliphatic carbocycles. The van der Waals surface area contributed by atoms with Crippen LogP contribution in [-0.2, 0) is 20.7 Å². The summed E-state index contributed by atoms with van der Waals surface area (Å²) in [5.74, 6) is 6.23. The Balaban J connectivity index is 1.35. The SMILES string of the molecule is O=C=NC1(c2ccccc2NCC#CCNc2ccccc2C2(N=C=O)CC2)CC1. The Morgan fingerprint density at radius 3 is 1.47 bits per heavy atom. The van der Waals surface area contributed by atoms with Crippen LogP contribution in [0.4, 0.5) is 11.4 Å². The predicted octanol–water partition coefficient (Wildman–Crippen LogP) is 3.86. The van der Waals surface area contributed by atoms with Gasteiger partial charge in [0.05, 0.1) is 13.1 Å². The summed E-state index contributed by atoms with van der Waals surface area (Å²) in [6, 6.07) is 15.8. The molecule has 150 valence electrons. The van der Waals surface area contributed by atoms with Gasteiger partial charge in [-0.1, -0.05) is 48.2 Å². The maximum Gasteiger partial charge on any atom is 0.235 e. The number of hydrogen-bond donors (Lipinski definition) is 2. The average molecular weight is 398 g/mol. The lowest BCUT2D eigenvalue weighted by Crippen LogP contribution is -2.10. The van der Waals surface area contributed by atoms with Crippen molar-refractivity contribution in [2.45, 2.75) is 36.8 Å². The molecule has 0 aliphatic heterocycles. The normalized spacial score (nSPS) is 16.7. The average Bonchev–Trinajstić information content (AvgIpc) is 3.69. The molecule has 0 bridgehead atoms. The molecule has 2 aliphatic rings. The number of hydrogen-bond acceptors (Lipinski definition) is 6. The summed E-state index contributed by atoms with van der Waals surface area (Å²) in [5, 5.41) is 6.66. The van der Waals surface area contributed by atoms with E-state index in [0.717, 1.165) is 48.2 Å². The highest BCUT2D eigenvalue weighted by Gasteiger charge is 2.46. The minimum Gasteiger partial charge on any atom is -0.374 e. The topological polar surface area (TPSA) is 82.9 Å². The fraction of sp³-hybridized carbons (Fsp3) is 0.333. The van der Waals surface area contributed by atoms with Crippen LogP contribution in [0, 0.1) is 11.8 Å². The van der Waals surface area contributed by atoms with Gasteiger partial charge < -0.3 is 10.6 Å². The summed E-state index contributed by atoms with van der Waals surface area (Å²) in [4.78, 5) is 29.5.